The Balaban J connectivity index is 1.64. The van der Waals surface area contributed by atoms with Crippen molar-refractivity contribution < 1.29 is 18.8 Å². The third-order valence-electron chi connectivity index (χ3n) is 4.19. The molecule has 0 amide bonds. The molecule has 0 aliphatic heterocycles. The summed E-state index contributed by atoms with van der Waals surface area (Å²) in [6.45, 7) is 8.01. The Hall–Kier alpha value is -3.08. The molecule has 0 atom stereocenters. The SMILES string of the molecule is Cc1ccc(OC(=O)c2ccc(OCc3c(C)noc3C)cc2)c(C)c1. The molecule has 5 heteroatoms. The molecule has 0 saturated heterocycles. The van der Waals surface area contributed by atoms with E-state index >= 15 is 0 Å². The number of ether oxygens (including phenoxy) is 2. The van der Waals surface area contributed by atoms with E-state index in [9.17, 15) is 4.79 Å². The highest BCUT2D eigenvalue weighted by atomic mass is 16.5. The van der Waals surface area contributed by atoms with Crippen molar-refractivity contribution in [2.45, 2.75) is 34.3 Å². The minimum Gasteiger partial charge on any atom is -0.489 e. The minimum absolute atomic E-state index is 0.369. The van der Waals surface area contributed by atoms with Crippen molar-refractivity contribution in [3.63, 3.8) is 0 Å². The Morgan fingerprint density at radius 1 is 1.04 bits per heavy atom. The van der Waals surface area contributed by atoms with E-state index < -0.39 is 5.97 Å². The number of aryl methyl sites for hydroxylation is 4. The highest BCUT2D eigenvalue weighted by molar-refractivity contribution is 5.91. The summed E-state index contributed by atoms with van der Waals surface area (Å²) in [5.74, 6) is 1.58. The summed E-state index contributed by atoms with van der Waals surface area (Å²) < 4.78 is 16.3. The second-order valence-electron chi connectivity index (χ2n) is 6.27. The van der Waals surface area contributed by atoms with Crippen LogP contribution in [0.15, 0.2) is 47.0 Å². The fourth-order valence-electron chi connectivity index (χ4n) is 2.62. The highest BCUT2D eigenvalue weighted by Crippen LogP contribution is 2.22. The summed E-state index contributed by atoms with van der Waals surface area (Å²) in [4.78, 5) is 12.3. The van der Waals surface area contributed by atoms with Crippen LogP contribution in [0.3, 0.4) is 0 Å². The van der Waals surface area contributed by atoms with Gasteiger partial charge in [-0.15, -0.1) is 0 Å². The Morgan fingerprint density at radius 2 is 1.77 bits per heavy atom. The van der Waals surface area contributed by atoms with Crippen LogP contribution in [0.4, 0.5) is 0 Å². The molecule has 0 spiro atoms. The average molecular weight is 351 g/mol. The molecule has 0 bridgehead atoms. The van der Waals surface area contributed by atoms with E-state index in [1.807, 2.05) is 45.9 Å². The number of carbonyl (C=O) groups excluding carboxylic acids is 1. The van der Waals surface area contributed by atoms with Gasteiger partial charge in [-0.2, -0.15) is 0 Å². The molecule has 0 saturated carbocycles. The van der Waals surface area contributed by atoms with Crippen LogP contribution in [0.2, 0.25) is 0 Å². The van der Waals surface area contributed by atoms with E-state index in [0.29, 0.717) is 23.7 Å². The van der Waals surface area contributed by atoms with Gasteiger partial charge in [-0.25, -0.2) is 4.79 Å². The van der Waals surface area contributed by atoms with E-state index in [1.54, 1.807) is 24.3 Å². The molecular formula is C21H21NO4. The number of hydrogen-bond acceptors (Lipinski definition) is 5. The van der Waals surface area contributed by atoms with Gasteiger partial charge in [0.15, 0.2) is 0 Å². The lowest BCUT2D eigenvalue weighted by Gasteiger charge is -2.09. The monoisotopic (exact) mass is 351 g/mol. The van der Waals surface area contributed by atoms with Crippen LogP contribution in [0, 0.1) is 27.7 Å². The van der Waals surface area contributed by atoms with E-state index in [-0.39, 0.29) is 0 Å². The van der Waals surface area contributed by atoms with Gasteiger partial charge in [-0.05, 0) is 63.6 Å². The largest absolute Gasteiger partial charge is 0.489 e. The van der Waals surface area contributed by atoms with Crippen LogP contribution in [0.25, 0.3) is 0 Å². The van der Waals surface area contributed by atoms with Crippen molar-refractivity contribution in [2.24, 2.45) is 0 Å². The fraction of sp³-hybridized carbons (Fsp3) is 0.238. The number of rotatable bonds is 5. The smallest absolute Gasteiger partial charge is 0.343 e. The third kappa shape index (κ3) is 3.94. The maximum atomic E-state index is 12.3. The van der Waals surface area contributed by atoms with Crippen LogP contribution in [-0.2, 0) is 6.61 Å². The van der Waals surface area contributed by atoms with Gasteiger partial charge in [0.2, 0.25) is 0 Å². The second-order valence-corrected chi connectivity index (χ2v) is 6.27. The van der Waals surface area contributed by atoms with E-state index in [2.05, 4.69) is 5.16 Å². The molecule has 1 heterocycles. The quantitative estimate of drug-likeness (QED) is 0.492. The standard InChI is InChI=1S/C21H21NO4/c1-13-5-10-20(14(2)11-13)25-21(23)17-6-8-18(9-7-17)24-12-19-15(3)22-26-16(19)4/h5-11H,12H2,1-4H3. The number of aromatic nitrogens is 1. The molecule has 2 aromatic carbocycles. The van der Waals surface area contributed by atoms with Crippen molar-refractivity contribution in [2.75, 3.05) is 0 Å². The number of esters is 1. The zero-order valence-electron chi connectivity index (χ0n) is 15.3. The number of hydrogen-bond donors (Lipinski definition) is 0. The fourth-order valence-corrected chi connectivity index (χ4v) is 2.62. The lowest BCUT2D eigenvalue weighted by molar-refractivity contribution is 0.0733. The van der Waals surface area contributed by atoms with Gasteiger partial charge in [-0.3, -0.25) is 0 Å². The lowest BCUT2D eigenvalue weighted by atomic mass is 10.1. The van der Waals surface area contributed by atoms with Crippen molar-refractivity contribution in [3.05, 3.63) is 76.2 Å². The molecule has 0 aliphatic rings. The maximum Gasteiger partial charge on any atom is 0.343 e. The van der Waals surface area contributed by atoms with Gasteiger partial charge in [0.25, 0.3) is 0 Å². The summed E-state index contributed by atoms with van der Waals surface area (Å²) in [7, 11) is 0. The summed E-state index contributed by atoms with van der Waals surface area (Å²) in [6.07, 6.45) is 0. The predicted molar refractivity (Wildman–Crippen MR) is 97.6 cm³/mol. The first-order chi connectivity index (χ1) is 12.4. The zero-order chi connectivity index (χ0) is 18.7. The van der Waals surface area contributed by atoms with Crippen LogP contribution >= 0.6 is 0 Å². The molecule has 134 valence electrons. The van der Waals surface area contributed by atoms with Crippen LogP contribution in [-0.4, -0.2) is 11.1 Å². The molecule has 0 aliphatic carbocycles. The Labute approximate surface area is 152 Å². The first-order valence-electron chi connectivity index (χ1n) is 8.38. The Kier molecular flexibility index (Phi) is 5.07. The summed E-state index contributed by atoms with van der Waals surface area (Å²) in [5, 5.41) is 3.90. The van der Waals surface area contributed by atoms with Crippen molar-refractivity contribution in [1.29, 1.82) is 0 Å². The molecule has 0 radical (unpaired) electrons. The summed E-state index contributed by atoms with van der Waals surface area (Å²) in [6, 6.07) is 12.6. The second kappa shape index (κ2) is 7.44. The van der Waals surface area contributed by atoms with Gasteiger partial charge >= 0.3 is 5.97 Å². The summed E-state index contributed by atoms with van der Waals surface area (Å²) in [5.41, 5.74) is 4.27. The third-order valence-corrected chi connectivity index (χ3v) is 4.19. The minimum atomic E-state index is -0.394. The molecule has 5 nitrogen and oxygen atoms in total. The average Bonchev–Trinajstić information content (AvgIpc) is 2.94. The zero-order valence-corrected chi connectivity index (χ0v) is 15.3. The normalized spacial score (nSPS) is 10.6. The lowest BCUT2D eigenvalue weighted by Crippen LogP contribution is -2.09. The van der Waals surface area contributed by atoms with E-state index in [0.717, 1.165) is 28.1 Å². The molecular weight excluding hydrogens is 330 g/mol. The van der Waals surface area contributed by atoms with E-state index in [1.165, 1.54) is 0 Å². The molecule has 26 heavy (non-hydrogen) atoms. The predicted octanol–water partition coefficient (Wildman–Crippen LogP) is 4.71. The molecule has 3 aromatic rings. The van der Waals surface area contributed by atoms with Crippen molar-refractivity contribution in [3.8, 4) is 11.5 Å². The van der Waals surface area contributed by atoms with Gasteiger partial charge in [-0.1, -0.05) is 22.9 Å². The molecule has 0 unspecified atom stereocenters. The Bertz CT molecular complexity index is 906. The summed E-state index contributed by atoms with van der Waals surface area (Å²) >= 11 is 0. The topological polar surface area (TPSA) is 61.6 Å². The number of carbonyl (C=O) groups is 1. The molecule has 0 fully saturated rings. The van der Waals surface area contributed by atoms with Gasteiger partial charge in [0.05, 0.1) is 16.8 Å². The van der Waals surface area contributed by atoms with Crippen LogP contribution in [0.1, 0.15) is 38.5 Å². The first kappa shape index (κ1) is 17.7. The van der Waals surface area contributed by atoms with Crippen molar-refractivity contribution in [1.82, 2.24) is 5.16 Å². The number of nitrogens with zero attached hydrogens (tertiary/aromatic N) is 1. The number of benzene rings is 2. The van der Waals surface area contributed by atoms with Crippen molar-refractivity contribution >= 4 is 5.97 Å². The highest BCUT2D eigenvalue weighted by Gasteiger charge is 2.12. The Morgan fingerprint density at radius 3 is 2.38 bits per heavy atom. The molecule has 3 rings (SSSR count). The maximum absolute atomic E-state index is 12.3. The van der Waals surface area contributed by atoms with E-state index in [4.69, 9.17) is 14.0 Å². The van der Waals surface area contributed by atoms with Crippen LogP contribution in [0.5, 0.6) is 11.5 Å². The molecule has 0 N–H and O–H groups in total. The van der Waals surface area contributed by atoms with Gasteiger partial charge < -0.3 is 14.0 Å². The first-order valence-corrected chi connectivity index (χ1v) is 8.38. The van der Waals surface area contributed by atoms with Crippen LogP contribution < -0.4 is 9.47 Å². The van der Waals surface area contributed by atoms with Gasteiger partial charge in [0, 0.05) is 0 Å². The van der Waals surface area contributed by atoms with Gasteiger partial charge in [0.1, 0.15) is 23.9 Å². The molecule has 1 aromatic heterocycles.